The Bertz CT molecular complexity index is 646. The van der Waals surface area contributed by atoms with Crippen molar-refractivity contribution < 1.29 is 4.79 Å². The maximum Gasteiger partial charge on any atom is 0.221 e. The number of nitrogens with one attached hydrogen (secondary N) is 3. The number of hydrogen-bond acceptors (Lipinski definition) is 3. The number of nitrogens with zero attached hydrogens (tertiary/aromatic N) is 1. The van der Waals surface area contributed by atoms with Gasteiger partial charge in [0.15, 0.2) is 5.11 Å². The van der Waals surface area contributed by atoms with E-state index in [1.807, 2.05) is 24.3 Å². The first-order chi connectivity index (χ1) is 15.6. The number of hydrogen-bond donors (Lipinski definition) is 3. The molecule has 0 aliphatic carbocycles. The molecule has 0 aliphatic rings. The second kappa shape index (κ2) is 19.7. The summed E-state index contributed by atoms with van der Waals surface area (Å²) in [7, 11) is 0. The number of rotatable bonds is 18. The van der Waals surface area contributed by atoms with Crippen molar-refractivity contribution in [3.8, 4) is 0 Å². The summed E-state index contributed by atoms with van der Waals surface area (Å²) >= 11 is 5.25. The van der Waals surface area contributed by atoms with Gasteiger partial charge in [0.05, 0.1) is 6.21 Å². The smallest absolute Gasteiger partial charge is 0.221 e. The zero-order chi connectivity index (χ0) is 23.3. The van der Waals surface area contributed by atoms with Crippen molar-refractivity contribution in [2.75, 3.05) is 11.9 Å². The Labute approximate surface area is 201 Å². The largest absolute Gasteiger partial charge is 0.361 e. The average Bonchev–Trinajstić information content (AvgIpc) is 2.77. The number of unbranched alkanes of at least 4 members (excludes halogenated alkanes) is 13. The van der Waals surface area contributed by atoms with E-state index in [-0.39, 0.29) is 5.91 Å². The fourth-order valence-electron chi connectivity index (χ4n) is 3.58. The number of benzene rings is 1. The molecule has 0 aliphatic heterocycles. The van der Waals surface area contributed by atoms with Crippen LogP contribution in [0.4, 0.5) is 5.69 Å². The van der Waals surface area contributed by atoms with E-state index in [1.54, 1.807) is 6.21 Å². The van der Waals surface area contributed by atoms with E-state index < -0.39 is 0 Å². The topological polar surface area (TPSA) is 65.5 Å². The molecular formula is C26H44N4OS. The number of amides is 1. The van der Waals surface area contributed by atoms with Gasteiger partial charge in [-0.25, -0.2) is 0 Å². The quantitative estimate of drug-likeness (QED) is 0.0962. The van der Waals surface area contributed by atoms with Gasteiger partial charge < -0.3 is 10.6 Å². The van der Waals surface area contributed by atoms with E-state index in [0.29, 0.717) is 5.11 Å². The van der Waals surface area contributed by atoms with Gasteiger partial charge in [0.25, 0.3) is 0 Å². The van der Waals surface area contributed by atoms with Gasteiger partial charge >= 0.3 is 0 Å². The average molecular weight is 461 g/mol. The molecule has 1 rings (SSSR count). The maximum atomic E-state index is 11.0. The summed E-state index contributed by atoms with van der Waals surface area (Å²) in [6.45, 7) is 4.65. The highest BCUT2D eigenvalue weighted by Gasteiger charge is 1.97. The lowest BCUT2D eigenvalue weighted by atomic mass is 10.0. The maximum absolute atomic E-state index is 11.0. The Morgan fingerprint density at radius 1 is 0.844 bits per heavy atom. The molecule has 32 heavy (non-hydrogen) atoms. The zero-order valence-corrected chi connectivity index (χ0v) is 21.1. The summed E-state index contributed by atoms with van der Waals surface area (Å²) in [6, 6.07) is 7.47. The molecule has 6 heteroatoms. The van der Waals surface area contributed by atoms with Crippen LogP contribution in [0.15, 0.2) is 29.4 Å². The Balaban J connectivity index is 1.91. The molecule has 0 aromatic heterocycles. The summed E-state index contributed by atoms with van der Waals surface area (Å²) in [6.07, 6.45) is 20.8. The first kappa shape index (κ1) is 28.1. The second-order valence-electron chi connectivity index (χ2n) is 8.53. The molecule has 0 fully saturated rings. The summed E-state index contributed by atoms with van der Waals surface area (Å²) < 4.78 is 0. The third-order valence-electron chi connectivity index (χ3n) is 5.43. The molecule has 1 aromatic rings. The van der Waals surface area contributed by atoms with Crippen molar-refractivity contribution in [2.24, 2.45) is 5.10 Å². The predicted octanol–water partition coefficient (Wildman–Crippen LogP) is 6.92. The molecule has 0 radical (unpaired) electrons. The number of anilines is 1. The van der Waals surface area contributed by atoms with Crippen LogP contribution in [0.2, 0.25) is 0 Å². The van der Waals surface area contributed by atoms with Crippen LogP contribution < -0.4 is 16.1 Å². The highest BCUT2D eigenvalue weighted by atomic mass is 32.1. The standard InChI is InChI=1S/C26H44N4OS/c1-3-4-5-6-7-8-9-10-11-12-13-14-15-16-21-27-26(32)30-28-22-24-17-19-25(20-18-24)29-23(2)31/h17-20,22H,3-16,21H2,1-2H3,(H,29,31)(H2,27,30,32). The molecule has 0 unspecified atom stereocenters. The molecule has 0 heterocycles. The van der Waals surface area contributed by atoms with Gasteiger partial charge in [-0.15, -0.1) is 0 Å². The molecule has 0 bridgehead atoms. The molecule has 1 aromatic carbocycles. The lowest BCUT2D eigenvalue weighted by molar-refractivity contribution is -0.114. The second-order valence-corrected chi connectivity index (χ2v) is 8.93. The van der Waals surface area contributed by atoms with Crippen LogP contribution in [-0.4, -0.2) is 23.8 Å². The Kier molecular flexibility index (Phi) is 17.3. The molecule has 1 amide bonds. The van der Waals surface area contributed by atoms with Crippen molar-refractivity contribution in [2.45, 2.75) is 104 Å². The normalized spacial score (nSPS) is 10.9. The summed E-state index contributed by atoms with van der Waals surface area (Å²) in [5.74, 6) is -0.0803. The molecule has 5 nitrogen and oxygen atoms in total. The van der Waals surface area contributed by atoms with Crippen molar-refractivity contribution in [3.05, 3.63) is 29.8 Å². The molecular weight excluding hydrogens is 416 g/mol. The minimum absolute atomic E-state index is 0.0803. The van der Waals surface area contributed by atoms with Gasteiger partial charge in [0.2, 0.25) is 5.91 Å². The number of carbonyl (C=O) groups is 1. The Morgan fingerprint density at radius 2 is 1.34 bits per heavy atom. The van der Waals surface area contributed by atoms with Crippen LogP contribution in [0, 0.1) is 0 Å². The predicted molar refractivity (Wildman–Crippen MR) is 142 cm³/mol. The lowest BCUT2D eigenvalue weighted by Gasteiger charge is -2.07. The summed E-state index contributed by atoms with van der Waals surface area (Å²) in [4.78, 5) is 11.0. The van der Waals surface area contributed by atoms with Crippen LogP contribution in [0.1, 0.15) is 109 Å². The van der Waals surface area contributed by atoms with E-state index in [0.717, 1.165) is 24.2 Å². The molecule has 3 N–H and O–H groups in total. The van der Waals surface area contributed by atoms with Crippen LogP contribution in [0.3, 0.4) is 0 Å². The Morgan fingerprint density at radius 3 is 1.84 bits per heavy atom. The van der Waals surface area contributed by atoms with Crippen molar-refractivity contribution in [3.63, 3.8) is 0 Å². The van der Waals surface area contributed by atoms with Crippen molar-refractivity contribution >= 4 is 35.1 Å². The van der Waals surface area contributed by atoms with E-state index in [4.69, 9.17) is 12.2 Å². The number of thiocarbonyl (C=S) groups is 1. The van der Waals surface area contributed by atoms with E-state index in [9.17, 15) is 4.79 Å². The zero-order valence-electron chi connectivity index (χ0n) is 20.3. The van der Waals surface area contributed by atoms with Crippen molar-refractivity contribution in [1.29, 1.82) is 0 Å². The van der Waals surface area contributed by atoms with E-state index in [2.05, 4.69) is 28.1 Å². The van der Waals surface area contributed by atoms with Gasteiger partial charge in [-0.3, -0.25) is 10.2 Å². The fourth-order valence-corrected chi connectivity index (χ4v) is 3.74. The molecule has 0 saturated carbocycles. The Hall–Kier alpha value is -1.95. The summed E-state index contributed by atoms with van der Waals surface area (Å²) in [5.41, 5.74) is 4.55. The highest BCUT2D eigenvalue weighted by Crippen LogP contribution is 2.13. The van der Waals surface area contributed by atoms with Crippen LogP contribution in [0.5, 0.6) is 0 Å². The fraction of sp³-hybridized carbons (Fsp3) is 0.654. The van der Waals surface area contributed by atoms with Crippen LogP contribution >= 0.6 is 12.2 Å². The van der Waals surface area contributed by atoms with Gasteiger partial charge in [-0.05, 0) is 36.3 Å². The SMILES string of the molecule is CCCCCCCCCCCCCCCCNC(=S)NN=Cc1ccc(NC(C)=O)cc1. The van der Waals surface area contributed by atoms with Gasteiger partial charge in [0.1, 0.15) is 0 Å². The number of carbonyl (C=O) groups excluding carboxylic acids is 1. The molecule has 0 spiro atoms. The number of hydrazone groups is 1. The minimum atomic E-state index is -0.0803. The first-order valence-electron chi connectivity index (χ1n) is 12.6. The van der Waals surface area contributed by atoms with Crippen LogP contribution in [-0.2, 0) is 4.79 Å². The van der Waals surface area contributed by atoms with Gasteiger partial charge in [0, 0.05) is 19.2 Å². The molecule has 0 atom stereocenters. The van der Waals surface area contributed by atoms with E-state index >= 15 is 0 Å². The minimum Gasteiger partial charge on any atom is -0.361 e. The highest BCUT2D eigenvalue weighted by molar-refractivity contribution is 7.80. The molecule has 0 saturated heterocycles. The monoisotopic (exact) mass is 460 g/mol. The van der Waals surface area contributed by atoms with Gasteiger partial charge in [-0.1, -0.05) is 103 Å². The van der Waals surface area contributed by atoms with Crippen molar-refractivity contribution in [1.82, 2.24) is 10.7 Å². The first-order valence-corrected chi connectivity index (χ1v) is 13.0. The lowest BCUT2D eigenvalue weighted by Crippen LogP contribution is -2.32. The third-order valence-corrected chi connectivity index (χ3v) is 5.66. The summed E-state index contributed by atoms with van der Waals surface area (Å²) in [5, 5.41) is 10.6. The molecule has 180 valence electrons. The van der Waals surface area contributed by atoms with Gasteiger partial charge in [-0.2, -0.15) is 5.10 Å². The van der Waals surface area contributed by atoms with E-state index in [1.165, 1.54) is 90.4 Å². The van der Waals surface area contributed by atoms with Crippen LogP contribution in [0.25, 0.3) is 0 Å². The third kappa shape index (κ3) is 16.7.